The molecule has 0 spiro atoms. The van der Waals surface area contributed by atoms with Crippen LogP contribution in [0, 0.1) is 6.92 Å². The van der Waals surface area contributed by atoms with Crippen LogP contribution in [-0.4, -0.2) is 23.6 Å². The number of aliphatic hydroxyl groups excluding tert-OH is 1. The molecule has 4 nitrogen and oxygen atoms in total. The minimum absolute atomic E-state index is 0.0630. The second-order valence-corrected chi connectivity index (χ2v) is 5.63. The maximum absolute atomic E-state index is 12.0. The number of halogens is 1. The lowest BCUT2D eigenvalue weighted by Crippen LogP contribution is -2.34. The first-order chi connectivity index (χ1) is 8.91. The lowest BCUT2D eigenvalue weighted by atomic mass is 10.0. The van der Waals surface area contributed by atoms with Gasteiger partial charge in [0, 0.05) is 16.6 Å². The van der Waals surface area contributed by atoms with Crippen LogP contribution in [0.2, 0.25) is 0 Å². The summed E-state index contributed by atoms with van der Waals surface area (Å²) >= 11 is 3.47. The fraction of sp³-hybridized carbons (Fsp3) is 0.357. The van der Waals surface area contributed by atoms with Crippen LogP contribution in [0.15, 0.2) is 22.4 Å². The molecule has 0 aromatic heterocycles. The van der Waals surface area contributed by atoms with E-state index in [1.807, 2.05) is 19.1 Å². The zero-order valence-electron chi connectivity index (χ0n) is 11.0. The Hall–Kier alpha value is -1.33. The average Bonchev–Trinajstić information content (AvgIpc) is 2.66. The van der Waals surface area contributed by atoms with Gasteiger partial charge < -0.3 is 15.7 Å². The van der Waals surface area contributed by atoms with Crippen molar-refractivity contribution >= 4 is 33.6 Å². The Morgan fingerprint density at radius 1 is 1.58 bits per heavy atom. The van der Waals surface area contributed by atoms with E-state index in [4.69, 9.17) is 5.73 Å². The third-order valence-electron chi connectivity index (χ3n) is 3.32. The van der Waals surface area contributed by atoms with Gasteiger partial charge in [-0.15, -0.1) is 0 Å². The molecule has 19 heavy (non-hydrogen) atoms. The van der Waals surface area contributed by atoms with Crippen LogP contribution in [-0.2, 0) is 4.79 Å². The maximum Gasteiger partial charge on any atom is 0.243 e. The molecule has 1 aromatic carbocycles. The van der Waals surface area contributed by atoms with Gasteiger partial charge in [0.15, 0.2) is 0 Å². The zero-order chi connectivity index (χ0) is 14.2. The summed E-state index contributed by atoms with van der Waals surface area (Å²) in [7, 11) is 0. The van der Waals surface area contributed by atoms with E-state index in [1.54, 1.807) is 17.9 Å². The molecule has 1 heterocycles. The van der Waals surface area contributed by atoms with Gasteiger partial charge in [0.05, 0.1) is 17.5 Å². The van der Waals surface area contributed by atoms with E-state index < -0.39 is 6.04 Å². The molecule has 0 saturated carbocycles. The van der Waals surface area contributed by atoms with Crippen molar-refractivity contribution in [3.05, 3.63) is 33.5 Å². The molecular formula is C14H17BrN2O2. The van der Waals surface area contributed by atoms with Crippen molar-refractivity contribution in [2.24, 2.45) is 5.73 Å². The van der Waals surface area contributed by atoms with Crippen molar-refractivity contribution in [3.8, 4) is 0 Å². The molecule has 2 rings (SSSR count). The van der Waals surface area contributed by atoms with Crippen molar-refractivity contribution in [1.82, 2.24) is 0 Å². The molecule has 0 radical (unpaired) electrons. The largest absolute Gasteiger partial charge is 0.513 e. The summed E-state index contributed by atoms with van der Waals surface area (Å²) in [5.74, 6) is 0.144. The topological polar surface area (TPSA) is 66.6 Å². The number of nitrogens with zero attached hydrogens (tertiary/aromatic N) is 1. The van der Waals surface area contributed by atoms with Crippen molar-refractivity contribution in [3.63, 3.8) is 0 Å². The lowest BCUT2D eigenvalue weighted by Gasteiger charge is -2.21. The van der Waals surface area contributed by atoms with E-state index in [0.29, 0.717) is 13.0 Å². The van der Waals surface area contributed by atoms with Crippen LogP contribution in [0.4, 0.5) is 5.69 Å². The molecule has 1 amide bonds. The highest BCUT2D eigenvalue weighted by atomic mass is 79.9. The predicted molar refractivity (Wildman–Crippen MR) is 80.1 cm³/mol. The predicted octanol–water partition coefficient (Wildman–Crippen LogP) is 2.74. The lowest BCUT2D eigenvalue weighted by molar-refractivity contribution is -0.118. The molecule has 1 saturated heterocycles. The molecule has 1 atom stereocenters. The Morgan fingerprint density at radius 2 is 2.26 bits per heavy atom. The summed E-state index contributed by atoms with van der Waals surface area (Å²) < 4.78 is 0.944. The zero-order valence-corrected chi connectivity index (χ0v) is 12.6. The van der Waals surface area contributed by atoms with E-state index in [-0.39, 0.29) is 11.7 Å². The molecule has 3 N–H and O–H groups in total. The monoisotopic (exact) mass is 324 g/mol. The smallest absolute Gasteiger partial charge is 0.243 e. The SMILES string of the molecule is C/C(O)=C\c1c(N2CC[C@@H](N)C2=O)ccc(Br)c1C. The van der Waals surface area contributed by atoms with Crippen LogP contribution in [0.3, 0.4) is 0 Å². The number of hydrogen-bond donors (Lipinski definition) is 2. The Labute approximate surface area is 121 Å². The van der Waals surface area contributed by atoms with Crippen molar-refractivity contribution in [2.45, 2.75) is 26.3 Å². The van der Waals surface area contributed by atoms with Gasteiger partial charge in [0.1, 0.15) is 0 Å². The van der Waals surface area contributed by atoms with Gasteiger partial charge in [-0.1, -0.05) is 15.9 Å². The van der Waals surface area contributed by atoms with Crippen LogP contribution >= 0.6 is 15.9 Å². The number of rotatable bonds is 2. The van der Waals surface area contributed by atoms with Gasteiger partial charge in [-0.05, 0) is 44.0 Å². The van der Waals surface area contributed by atoms with Crippen LogP contribution in [0.1, 0.15) is 24.5 Å². The fourth-order valence-corrected chi connectivity index (χ4v) is 2.60. The first kappa shape index (κ1) is 14.1. The number of nitrogens with two attached hydrogens (primary N) is 1. The molecule has 1 fully saturated rings. The summed E-state index contributed by atoms with van der Waals surface area (Å²) in [6.45, 7) is 4.18. The molecule has 5 heteroatoms. The Kier molecular flexibility index (Phi) is 3.96. The molecule has 1 aliphatic heterocycles. The van der Waals surface area contributed by atoms with Gasteiger partial charge in [0.2, 0.25) is 5.91 Å². The minimum Gasteiger partial charge on any atom is -0.513 e. The molecule has 1 aromatic rings. The number of anilines is 1. The van der Waals surface area contributed by atoms with Crippen molar-refractivity contribution < 1.29 is 9.90 Å². The molecule has 1 aliphatic rings. The van der Waals surface area contributed by atoms with Gasteiger partial charge in [-0.2, -0.15) is 0 Å². The Balaban J connectivity index is 2.55. The molecular weight excluding hydrogens is 308 g/mol. The van der Waals surface area contributed by atoms with Crippen LogP contribution in [0.5, 0.6) is 0 Å². The van der Waals surface area contributed by atoms with E-state index in [2.05, 4.69) is 15.9 Å². The summed E-state index contributed by atoms with van der Waals surface area (Å²) in [6, 6.07) is 3.36. The second-order valence-electron chi connectivity index (χ2n) is 4.78. The first-order valence-electron chi connectivity index (χ1n) is 6.15. The highest BCUT2D eigenvalue weighted by Gasteiger charge is 2.31. The highest BCUT2D eigenvalue weighted by Crippen LogP contribution is 2.33. The number of amides is 1. The summed E-state index contributed by atoms with van der Waals surface area (Å²) in [5, 5.41) is 9.52. The Bertz CT molecular complexity index is 551. The van der Waals surface area contributed by atoms with Gasteiger partial charge in [-0.3, -0.25) is 4.79 Å². The third-order valence-corrected chi connectivity index (χ3v) is 4.18. The summed E-state index contributed by atoms with van der Waals surface area (Å²) in [5.41, 5.74) is 8.39. The van der Waals surface area contributed by atoms with Crippen molar-refractivity contribution in [2.75, 3.05) is 11.4 Å². The van der Waals surface area contributed by atoms with Crippen LogP contribution < -0.4 is 10.6 Å². The normalized spacial score (nSPS) is 20.2. The summed E-state index contributed by atoms with van der Waals surface area (Å²) in [4.78, 5) is 13.7. The van der Waals surface area contributed by atoms with E-state index in [9.17, 15) is 9.90 Å². The molecule has 0 unspecified atom stereocenters. The van der Waals surface area contributed by atoms with E-state index >= 15 is 0 Å². The van der Waals surface area contributed by atoms with Gasteiger partial charge in [0.25, 0.3) is 0 Å². The Morgan fingerprint density at radius 3 is 2.79 bits per heavy atom. The van der Waals surface area contributed by atoms with Crippen LogP contribution in [0.25, 0.3) is 6.08 Å². The summed E-state index contributed by atoms with van der Waals surface area (Å²) in [6.07, 6.45) is 2.34. The standard InChI is InChI=1S/C14H17BrN2O2/c1-8(18)7-10-9(2)11(15)3-4-13(10)17-6-5-12(16)14(17)19/h3-4,7,12,18H,5-6,16H2,1-2H3/b8-7+/t12-/m1/s1. The average molecular weight is 325 g/mol. The second kappa shape index (κ2) is 5.35. The number of benzene rings is 1. The van der Waals surface area contributed by atoms with E-state index in [1.165, 1.54) is 0 Å². The molecule has 0 bridgehead atoms. The van der Waals surface area contributed by atoms with Gasteiger partial charge >= 0.3 is 0 Å². The number of carbonyl (C=O) groups excluding carboxylic acids is 1. The third kappa shape index (κ3) is 2.67. The number of aliphatic hydroxyl groups is 1. The minimum atomic E-state index is -0.420. The fourth-order valence-electron chi connectivity index (χ4n) is 2.26. The van der Waals surface area contributed by atoms with E-state index in [0.717, 1.165) is 21.3 Å². The highest BCUT2D eigenvalue weighted by molar-refractivity contribution is 9.10. The first-order valence-corrected chi connectivity index (χ1v) is 6.94. The number of carbonyl (C=O) groups is 1. The number of allylic oxidation sites excluding steroid dienone is 1. The quantitative estimate of drug-likeness (QED) is 0.822. The maximum atomic E-state index is 12.0. The number of hydrogen-bond acceptors (Lipinski definition) is 3. The molecule has 102 valence electrons. The molecule has 0 aliphatic carbocycles. The van der Waals surface area contributed by atoms with Crippen molar-refractivity contribution in [1.29, 1.82) is 0 Å². The van der Waals surface area contributed by atoms with Gasteiger partial charge in [-0.25, -0.2) is 0 Å².